The third kappa shape index (κ3) is 2.88. The largest absolute Gasteiger partial charge is 0.446 e. The Bertz CT molecular complexity index is 980. The molecule has 188 valence electrons. The number of rotatable bonds is 4. The van der Waals surface area contributed by atoms with Crippen LogP contribution in [0.25, 0.3) is 0 Å². The first-order valence-electron chi connectivity index (χ1n) is 11.7. The molecule has 4 rings (SSSR count). The second-order valence-corrected chi connectivity index (χ2v) is 10.6. The Morgan fingerprint density at radius 1 is 1.24 bits per heavy atom. The highest BCUT2D eigenvalue weighted by Gasteiger charge is 2.78. The van der Waals surface area contributed by atoms with Crippen LogP contribution >= 0.6 is 0 Å². The molecule has 6 nitrogen and oxygen atoms in total. The predicted octanol–water partition coefficient (Wildman–Crippen LogP) is 3.71. The molecule has 0 aromatic rings. The van der Waals surface area contributed by atoms with E-state index in [9.17, 15) is 23.9 Å². The van der Waals surface area contributed by atoms with Crippen molar-refractivity contribution in [2.24, 2.45) is 28.6 Å². The minimum absolute atomic E-state index is 0.00652. The number of halogens is 3. The van der Waals surface area contributed by atoms with Gasteiger partial charge >= 0.3 is 11.9 Å². The summed E-state index contributed by atoms with van der Waals surface area (Å²) in [6.45, 7) is 4.83. The smallest absolute Gasteiger partial charge is 0.353 e. The first kappa shape index (κ1) is 24.9. The SMILES string of the molecule is CCC(=O)O[C@@]1(C(=O)OCF)[C@@H](C)C[C@H]2[C@@H]3C[C@H](F)C4=CC(=O)C=C[C@]4(C)[C@@]3(F)[C@@H](O)C[C@@]21C. The summed E-state index contributed by atoms with van der Waals surface area (Å²) >= 11 is 0. The molecule has 9 atom stereocenters. The Hall–Kier alpha value is -2.16. The molecule has 0 heterocycles. The van der Waals surface area contributed by atoms with Crippen molar-refractivity contribution in [2.45, 2.75) is 76.9 Å². The summed E-state index contributed by atoms with van der Waals surface area (Å²) in [5.41, 5.74) is -7.21. The molecule has 3 saturated carbocycles. The van der Waals surface area contributed by atoms with Gasteiger partial charge in [-0.3, -0.25) is 9.59 Å². The number of ketones is 1. The molecular formula is C25H31F3O6. The fraction of sp³-hybridized carbons (Fsp3) is 0.720. The van der Waals surface area contributed by atoms with Crippen molar-refractivity contribution in [3.8, 4) is 0 Å². The third-order valence-electron chi connectivity index (χ3n) is 9.22. The average Bonchev–Trinajstić information content (AvgIpc) is 2.99. The minimum atomic E-state index is -2.34. The van der Waals surface area contributed by atoms with Gasteiger partial charge in [-0.25, -0.2) is 18.0 Å². The highest BCUT2D eigenvalue weighted by Crippen LogP contribution is 2.71. The fourth-order valence-electron chi connectivity index (χ4n) is 7.63. The zero-order chi connectivity index (χ0) is 25.3. The van der Waals surface area contributed by atoms with Crippen LogP contribution in [-0.2, 0) is 23.9 Å². The minimum Gasteiger partial charge on any atom is -0.446 e. The highest BCUT2D eigenvalue weighted by atomic mass is 19.1. The topological polar surface area (TPSA) is 89.9 Å². The van der Waals surface area contributed by atoms with Gasteiger partial charge in [0.25, 0.3) is 0 Å². The highest BCUT2D eigenvalue weighted by molar-refractivity contribution is 6.01. The molecule has 3 fully saturated rings. The summed E-state index contributed by atoms with van der Waals surface area (Å²) in [5.74, 6) is -4.68. The maximum atomic E-state index is 17.2. The van der Waals surface area contributed by atoms with Crippen LogP contribution in [0.5, 0.6) is 0 Å². The fourth-order valence-corrected chi connectivity index (χ4v) is 7.63. The zero-order valence-corrected chi connectivity index (χ0v) is 19.8. The standard InChI is InChI=1S/C25H31F3O6/c1-5-20(31)34-25(21(32)33-12-26)13(2)8-15-16-10-18(27)17-9-14(29)6-7-22(17,3)24(16,28)19(30)11-23(15,25)4/h6-7,9,13,15-16,18-19,30H,5,8,10-12H2,1-4H3/t13-,15-,16-,18-,19-,22-,23-,24-,25+/m0/s1. The van der Waals surface area contributed by atoms with Gasteiger partial charge < -0.3 is 14.6 Å². The van der Waals surface area contributed by atoms with Gasteiger partial charge in [0.05, 0.1) is 6.10 Å². The molecule has 0 amide bonds. The molecule has 0 unspecified atom stereocenters. The normalized spacial score (nSPS) is 47.2. The van der Waals surface area contributed by atoms with Crippen LogP contribution < -0.4 is 0 Å². The van der Waals surface area contributed by atoms with Crippen LogP contribution in [0.4, 0.5) is 13.2 Å². The van der Waals surface area contributed by atoms with Crippen LogP contribution in [-0.4, -0.2) is 53.2 Å². The lowest BCUT2D eigenvalue weighted by Crippen LogP contribution is -2.71. The number of alkyl halides is 3. The second kappa shape index (κ2) is 7.93. The number of aliphatic hydroxyl groups excluding tert-OH is 1. The summed E-state index contributed by atoms with van der Waals surface area (Å²) < 4.78 is 56.2. The van der Waals surface area contributed by atoms with E-state index in [1.807, 2.05) is 0 Å². The van der Waals surface area contributed by atoms with Crippen molar-refractivity contribution in [1.82, 2.24) is 0 Å². The van der Waals surface area contributed by atoms with E-state index in [-0.39, 0.29) is 31.3 Å². The van der Waals surface area contributed by atoms with Crippen molar-refractivity contribution < 1.29 is 42.1 Å². The number of carbonyl (C=O) groups is 3. The van der Waals surface area contributed by atoms with Gasteiger partial charge in [0.1, 0.15) is 6.17 Å². The number of allylic oxidation sites excluding steroid dienone is 4. The van der Waals surface area contributed by atoms with Gasteiger partial charge in [0.15, 0.2) is 11.5 Å². The number of esters is 2. The zero-order valence-electron chi connectivity index (χ0n) is 19.8. The molecule has 0 aliphatic heterocycles. The molecule has 1 N–H and O–H groups in total. The second-order valence-electron chi connectivity index (χ2n) is 10.6. The molecule has 4 aliphatic rings. The van der Waals surface area contributed by atoms with E-state index in [1.165, 1.54) is 19.1 Å². The van der Waals surface area contributed by atoms with E-state index in [0.717, 1.165) is 6.08 Å². The molecule has 4 aliphatic carbocycles. The first-order valence-corrected chi connectivity index (χ1v) is 11.7. The van der Waals surface area contributed by atoms with Gasteiger partial charge in [-0.05, 0) is 49.8 Å². The van der Waals surface area contributed by atoms with Gasteiger partial charge in [-0.15, -0.1) is 0 Å². The number of hydrogen-bond acceptors (Lipinski definition) is 6. The van der Waals surface area contributed by atoms with Gasteiger partial charge in [-0.2, -0.15) is 0 Å². The number of fused-ring (bicyclic) bond motifs is 5. The molecule has 0 bridgehead atoms. The number of ether oxygens (including phenoxy) is 2. The first-order chi connectivity index (χ1) is 15.8. The lowest BCUT2D eigenvalue weighted by atomic mass is 9.44. The summed E-state index contributed by atoms with van der Waals surface area (Å²) in [5, 5.41) is 11.3. The summed E-state index contributed by atoms with van der Waals surface area (Å²) in [6, 6.07) is 0. The lowest BCUT2D eigenvalue weighted by molar-refractivity contribution is -0.240. The van der Waals surface area contributed by atoms with E-state index in [2.05, 4.69) is 0 Å². The summed E-state index contributed by atoms with van der Waals surface area (Å²) in [4.78, 5) is 37.5. The molecular weight excluding hydrogens is 453 g/mol. The molecule has 0 aromatic carbocycles. The van der Waals surface area contributed by atoms with Crippen molar-refractivity contribution >= 4 is 17.7 Å². The van der Waals surface area contributed by atoms with E-state index in [0.29, 0.717) is 0 Å². The Kier molecular flexibility index (Phi) is 5.82. The summed E-state index contributed by atoms with van der Waals surface area (Å²) in [6.07, 6.45) is -0.180. The van der Waals surface area contributed by atoms with Crippen molar-refractivity contribution in [1.29, 1.82) is 0 Å². The summed E-state index contributed by atoms with van der Waals surface area (Å²) in [7, 11) is 0. The monoisotopic (exact) mass is 484 g/mol. The maximum Gasteiger partial charge on any atom is 0.353 e. The Labute approximate surface area is 196 Å². The number of carbonyl (C=O) groups excluding carboxylic acids is 3. The number of hydrogen-bond donors (Lipinski definition) is 1. The van der Waals surface area contributed by atoms with Crippen molar-refractivity contribution in [3.63, 3.8) is 0 Å². The maximum absolute atomic E-state index is 17.2. The Morgan fingerprint density at radius 2 is 1.91 bits per heavy atom. The predicted molar refractivity (Wildman–Crippen MR) is 114 cm³/mol. The van der Waals surface area contributed by atoms with E-state index < -0.39 is 76.7 Å². The van der Waals surface area contributed by atoms with Crippen molar-refractivity contribution in [2.75, 3.05) is 6.86 Å². The molecule has 0 spiro atoms. The van der Waals surface area contributed by atoms with E-state index in [1.54, 1.807) is 20.8 Å². The number of aliphatic hydroxyl groups is 1. The van der Waals surface area contributed by atoms with Crippen LogP contribution in [0.1, 0.15) is 53.4 Å². The van der Waals surface area contributed by atoms with Gasteiger partial charge in [0.2, 0.25) is 12.5 Å². The average molecular weight is 485 g/mol. The van der Waals surface area contributed by atoms with Crippen LogP contribution in [0, 0.1) is 28.6 Å². The van der Waals surface area contributed by atoms with Crippen LogP contribution in [0.15, 0.2) is 23.8 Å². The van der Waals surface area contributed by atoms with E-state index in [4.69, 9.17) is 9.47 Å². The van der Waals surface area contributed by atoms with Crippen LogP contribution in [0.2, 0.25) is 0 Å². The quantitative estimate of drug-likeness (QED) is 0.612. The third-order valence-corrected chi connectivity index (χ3v) is 9.22. The molecule has 34 heavy (non-hydrogen) atoms. The van der Waals surface area contributed by atoms with Crippen LogP contribution in [0.3, 0.4) is 0 Å². The molecule has 0 radical (unpaired) electrons. The Morgan fingerprint density at radius 3 is 2.53 bits per heavy atom. The molecule has 9 heteroatoms. The van der Waals surface area contributed by atoms with Gasteiger partial charge in [0, 0.05) is 29.1 Å². The lowest BCUT2D eigenvalue weighted by Gasteiger charge is -2.63. The Balaban J connectivity index is 1.87. The van der Waals surface area contributed by atoms with Gasteiger partial charge in [-0.1, -0.05) is 26.8 Å². The molecule has 0 aromatic heterocycles. The molecule has 0 saturated heterocycles. The van der Waals surface area contributed by atoms with Crippen molar-refractivity contribution in [3.05, 3.63) is 23.8 Å². The van der Waals surface area contributed by atoms with E-state index >= 15 is 8.78 Å².